The molecule has 0 amide bonds. The van der Waals surface area contributed by atoms with Crippen molar-refractivity contribution in [3.63, 3.8) is 0 Å². The fourth-order valence-corrected chi connectivity index (χ4v) is 2.77. The molecule has 1 saturated carbocycles. The van der Waals surface area contributed by atoms with Crippen molar-refractivity contribution in [2.45, 2.75) is 44.3 Å². The average Bonchev–Trinajstić information content (AvgIpc) is 2.43. The number of rotatable bonds is 3. The van der Waals surface area contributed by atoms with Gasteiger partial charge in [-0.25, -0.2) is 4.39 Å². The molecule has 0 atom stereocenters. The Hall–Kier alpha value is -1.30. The van der Waals surface area contributed by atoms with E-state index in [1.165, 1.54) is 0 Å². The minimum Gasteiger partial charge on any atom is -0.376 e. The highest BCUT2D eigenvalue weighted by Gasteiger charge is 2.35. The zero-order valence-corrected chi connectivity index (χ0v) is 11.9. The van der Waals surface area contributed by atoms with Gasteiger partial charge in [0.1, 0.15) is 5.82 Å². The minimum absolute atomic E-state index is 0.0861. The van der Waals surface area contributed by atoms with E-state index < -0.39 is 23.1 Å². The molecule has 1 aliphatic carbocycles. The highest BCUT2D eigenvalue weighted by atomic mass is 19.4. The number of nitrogens with two attached hydrogens (primary N) is 1. The van der Waals surface area contributed by atoms with Gasteiger partial charge >= 0.3 is 6.18 Å². The highest BCUT2D eigenvalue weighted by Crippen LogP contribution is 2.36. The standard InChI is InChI=1S/C15H20F4N2/c1-10-4-6-14(9-20,7-5-10)21-13-3-2-11(8-12(13)16)15(17,18)19/h2-3,8,10,21H,4-7,9,20H2,1H3. The number of alkyl halides is 3. The SMILES string of the molecule is CC1CCC(CN)(Nc2ccc(C(F)(F)F)cc2F)CC1. The van der Waals surface area contributed by atoms with Crippen molar-refractivity contribution in [1.82, 2.24) is 0 Å². The lowest BCUT2D eigenvalue weighted by atomic mass is 9.77. The Bertz CT molecular complexity index is 491. The van der Waals surface area contributed by atoms with E-state index in [9.17, 15) is 17.6 Å². The predicted octanol–water partition coefficient (Wildman–Crippen LogP) is 4.16. The van der Waals surface area contributed by atoms with E-state index >= 15 is 0 Å². The van der Waals surface area contributed by atoms with E-state index in [0.717, 1.165) is 37.8 Å². The van der Waals surface area contributed by atoms with Crippen LogP contribution in [0.15, 0.2) is 18.2 Å². The van der Waals surface area contributed by atoms with Gasteiger partial charge in [-0.05, 0) is 49.8 Å². The molecule has 118 valence electrons. The third-order valence-corrected chi connectivity index (χ3v) is 4.32. The van der Waals surface area contributed by atoms with Crippen LogP contribution in [0, 0.1) is 11.7 Å². The third-order valence-electron chi connectivity index (χ3n) is 4.32. The van der Waals surface area contributed by atoms with Crippen LogP contribution in [0.25, 0.3) is 0 Å². The number of nitrogens with one attached hydrogen (secondary N) is 1. The van der Waals surface area contributed by atoms with Crippen LogP contribution in [0.1, 0.15) is 38.2 Å². The van der Waals surface area contributed by atoms with Crippen molar-refractivity contribution >= 4 is 5.69 Å². The molecule has 0 aliphatic heterocycles. The van der Waals surface area contributed by atoms with E-state index in [0.29, 0.717) is 18.5 Å². The van der Waals surface area contributed by atoms with Gasteiger partial charge in [-0.3, -0.25) is 0 Å². The van der Waals surface area contributed by atoms with Gasteiger partial charge < -0.3 is 11.1 Å². The maximum atomic E-state index is 13.9. The monoisotopic (exact) mass is 304 g/mol. The van der Waals surface area contributed by atoms with E-state index in [-0.39, 0.29) is 5.69 Å². The first-order valence-electron chi connectivity index (χ1n) is 7.11. The summed E-state index contributed by atoms with van der Waals surface area (Å²) in [4.78, 5) is 0. The number of hydrogen-bond donors (Lipinski definition) is 2. The van der Waals surface area contributed by atoms with E-state index in [1.54, 1.807) is 0 Å². The molecule has 1 fully saturated rings. The molecule has 1 aromatic rings. The summed E-state index contributed by atoms with van der Waals surface area (Å²) >= 11 is 0. The highest BCUT2D eigenvalue weighted by molar-refractivity contribution is 5.49. The van der Waals surface area contributed by atoms with Gasteiger partial charge in [-0.15, -0.1) is 0 Å². The molecule has 1 aliphatic rings. The number of benzene rings is 1. The average molecular weight is 304 g/mol. The number of halogens is 4. The zero-order valence-electron chi connectivity index (χ0n) is 11.9. The fraction of sp³-hybridized carbons (Fsp3) is 0.600. The quantitative estimate of drug-likeness (QED) is 0.823. The van der Waals surface area contributed by atoms with E-state index in [4.69, 9.17) is 5.73 Å². The van der Waals surface area contributed by atoms with Crippen LogP contribution in [-0.2, 0) is 6.18 Å². The van der Waals surface area contributed by atoms with Gasteiger partial charge in [-0.2, -0.15) is 13.2 Å². The first-order chi connectivity index (χ1) is 9.76. The topological polar surface area (TPSA) is 38.0 Å². The first-order valence-corrected chi connectivity index (χ1v) is 7.11. The predicted molar refractivity (Wildman–Crippen MR) is 74.4 cm³/mol. The van der Waals surface area contributed by atoms with Gasteiger partial charge in [0.25, 0.3) is 0 Å². The van der Waals surface area contributed by atoms with Gasteiger partial charge in [-0.1, -0.05) is 6.92 Å². The van der Waals surface area contributed by atoms with Crippen LogP contribution in [0.5, 0.6) is 0 Å². The van der Waals surface area contributed by atoms with Gasteiger partial charge in [0, 0.05) is 12.1 Å². The van der Waals surface area contributed by atoms with E-state index in [2.05, 4.69) is 12.2 Å². The Kier molecular flexibility index (Phi) is 4.46. The third kappa shape index (κ3) is 3.67. The molecule has 2 nitrogen and oxygen atoms in total. The van der Waals surface area contributed by atoms with Gasteiger partial charge in [0.05, 0.1) is 11.3 Å². The Balaban J connectivity index is 2.19. The van der Waals surface area contributed by atoms with Crippen molar-refractivity contribution in [3.05, 3.63) is 29.6 Å². The van der Waals surface area contributed by atoms with Crippen LogP contribution in [0.4, 0.5) is 23.2 Å². The van der Waals surface area contributed by atoms with E-state index in [1.807, 2.05) is 0 Å². The van der Waals surface area contributed by atoms with Gasteiger partial charge in [0.15, 0.2) is 0 Å². The molecule has 0 unspecified atom stereocenters. The smallest absolute Gasteiger partial charge is 0.376 e. The maximum Gasteiger partial charge on any atom is 0.416 e. The van der Waals surface area contributed by atoms with Crippen molar-refractivity contribution in [2.75, 3.05) is 11.9 Å². The fourth-order valence-electron chi connectivity index (χ4n) is 2.77. The van der Waals surface area contributed by atoms with Gasteiger partial charge in [0.2, 0.25) is 0 Å². The molecule has 21 heavy (non-hydrogen) atoms. The zero-order chi connectivity index (χ0) is 15.7. The molecular formula is C15H20F4N2. The lowest BCUT2D eigenvalue weighted by molar-refractivity contribution is -0.137. The molecule has 0 radical (unpaired) electrons. The molecule has 0 saturated heterocycles. The molecule has 3 N–H and O–H groups in total. The summed E-state index contributed by atoms with van der Waals surface area (Å²) in [5.41, 5.74) is 4.50. The Morgan fingerprint density at radius 1 is 1.29 bits per heavy atom. The summed E-state index contributed by atoms with van der Waals surface area (Å²) in [6.45, 7) is 2.49. The summed E-state index contributed by atoms with van der Waals surface area (Å²) in [7, 11) is 0. The molecule has 0 spiro atoms. The summed E-state index contributed by atoms with van der Waals surface area (Å²) in [5, 5.41) is 3.04. The van der Waals surface area contributed by atoms with Crippen LogP contribution in [0.2, 0.25) is 0 Å². The molecule has 0 bridgehead atoms. The summed E-state index contributed by atoms with van der Waals surface area (Å²) in [5.74, 6) is -0.291. The van der Waals surface area contributed by atoms with Crippen molar-refractivity contribution in [2.24, 2.45) is 11.7 Å². The van der Waals surface area contributed by atoms with Crippen LogP contribution < -0.4 is 11.1 Å². The van der Waals surface area contributed by atoms with Crippen LogP contribution in [0.3, 0.4) is 0 Å². The van der Waals surface area contributed by atoms with Crippen molar-refractivity contribution in [3.8, 4) is 0 Å². The maximum absolute atomic E-state index is 13.9. The molecule has 0 aromatic heterocycles. The molecule has 2 rings (SSSR count). The second kappa shape index (κ2) is 5.83. The largest absolute Gasteiger partial charge is 0.416 e. The lowest BCUT2D eigenvalue weighted by Gasteiger charge is -2.40. The first kappa shape index (κ1) is 16.1. The van der Waals surface area contributed by atoms with Crippen LogP contribution >= 0.6 is 0 Å². The van der Waals surface area contributed by atoms with Crippen molar-refractivity contribution < 1.29 is 17.6 Å². The Morgan fingerprint density at radius 2 is 1.90 bits per heavy atom. The summed E-state index contributed by atoms with van der Waals surface area (Å²) in [6, 6.07) is 2.56. The molecule has 6 heteroatoms. The summed E-state index contributed by atoms with van der Waals surface area (Å²) < 4.78 is 51.5. The number of hydrogen-bond acceptors (Lipinski definition) is 2. The molecule has 1 aromatic carbocycles. The Labute approximate surface area is 121 Å². The second-order valence-corrected chi connectivity index (χ2v) is 5.98. The second-order valence-electron chi connectivity index (χ2n) is 5.98. The van der Waals surface area contributed by atoms with Crippen molar-refractivity contribution in [1.29, 1.82) is 0 Å². The van der Waals surface area contributed by atoms with Crippen LogP contribution in [-0.4, -0.2) is 12.1 Å². The lowest BCUT2D eigenvalue weighted by Crippen LogP contribution is -2.48. The number of anilines is 1. The Morgan fingerprint density at radius 3 is 2.38 bits per heavy atom. The summed E-state index contributed by atoms with van der Waals surface area (Å²) in [6.07, 6.45) is -0.986. The molecule has 0 heterocycles. The normalized spacial score (nSPS) is 26.7. The molecular weight excluding hydrogens is 284 g/mol. The minimum atomic E-state index is -4.54.